The van der Waals surface area contributed by atoms with Crippen LogP contribution in [0.5, 0.6) is 0 Å². The molecule has 1 aromatic heterocycles. The van der Waals surface area contributed by atoms with Gasteiger partial charge >= 0.3 is 5.69 Å². The van der Waals surface area contributed by atoms with Crippen LogP contribution in [-0.2, 0) is 13.5 Å². The van der Waals surface area contributed by atoms with Crippen molar-refractivity contribution in [1.29, 1.82) is 0 Å². The summed E-state index contributed by atoms with van der Waals surface area (Å²) in [7, 11) is 1.58. The molecule has 4 nitrogen and oxygen atoms in total. The number of aryl methyl sites for hydroxylation is 2. The molecule has 66 valence electrons. The number of aromatic amines is 1. The van der Waals surface area contributed by atoms with E-state index < -0.39 is 5.69 Å². The van der Waals surface area contributed by atoms with Gasteiger partial charge in [0.05, 0.1) is 0 Å². The first-order valence-corrected chi connectivity index (χ1v) is 4.03. The van der Waals surface area contributed by atoms with Crippen molar-refractivity contribution < 1.29 is 0 Å². The molecule has 1 aromatic rings. The van der Waals surface area contributed by atoms with Crippen molar-refractivity contribution in [2.24, 2.45) is 7.05 Å². The van der Waals surface area contributed by atoms with E-state index in [1.165, 1.54) is 10.8 Å². The molecule has 0 aromatic carbocycles. The molecule has 0 atom stereocenters. The van der Waals surface area contributed by atoms with Crippen molar-refractivity contribution in [2.45, 2.75) is 6.42 Å². The zero-order valence-electron chi connectivity index (χ0n) is 6.63. The second-order valence-corrected chi connectivity index (χ2v) is 2.84. The van der Waals surface area contributed by atoms with Gasteiger partial charge in [0.2, 0.25) is 0 Å². The van der Waals surface area contributed by atoms with Crippen LogP contribution in [0.15, 0.2) is 15.8 Å². The molecule has 0 radical (unpaired) electrons. The Hall–Kier alpha value is -1.03. The van der Waals surface area contributed by atoms with Crippen LogP contribution in [0.4, 0.5) is 0 Å². The molecular formula is C7H9ClN2O2. The molecule has 0 aliphatic carbocycles. The minimum atomic E-state index is -0.404. The number of hydrogen-bond donors (Lipinski definition) is 1. The topological polar surface area (TPSA) is 54.9 Å². The fraction of sp³-hybridized carbons (Fsp3) is 0.429. The highest BCUT2D eigenvalue weighted by molar-refractivity contribution is 6.17. The van der Waals surface area contributed by atoms with Gasteiger partial charge in [-0.3, -0.25) is 9.78 Å². The van der Waals surface area contributed by atoms with Crippen LogP contribution >= 0.6 is 11.6 Å². The van der Waals surface area contributed by atoms with E-state index in [1.807, 2.05) is 0 Å². The van der Waals surface area contributed by atoms with Crippen molar-refractivity contribution in [3.8, 4) is 0 Å². The lowest BCUT2D eigenvalue weighted by atomic mass is 10.3. The second kappa shape index (κ2) is 3.58. The van der Waals surface area contributed by atoms with E-state index in [4.69, 9.17) is 11.6 Å². The maximum Gasteiger partial charge on any atom is 0.328 e. The molecule has 0 aliphatic heterocycles. The van der Waals surface area contributed by atoms with E-state index in [0.717, 1.165) is 0 Å². The summed E-state index contributed by atoms with van der Waals surface area (Å²) in [6.45, 7) is 0. The Bertz CT molecular complexity index is 380. The number of hydrogen-bond acceptors (Lipinski definition) is 2. The third-order valence-electron chi connectivity index (χ3n) is 1.55. The van der Waals surface area contributed by atoms with Gasteiger partial charge in [-0.2, -0.15) is 0 Å². The van der Waals surface area contributed by atoms with Gasteiger partial charge in [-0.25, -0.2) is 4.79 Å². The molecule has 12 heavy (non-hydrogen) atoms. The Labute approximate surface area is 73.8 Å². The molecular weight excluding hydrogens is 180 g/mol. The highest BCUT2D eigenvalue weighted by Gasteiger charge is 2.00. The van der Waals surface area contributed by atoms with E-state index >= 15 is 0 Å². The fourth-order valence-electron chi connectivity index (χ4n) is 0.896. The summed E-state index contributed by atoms with van der Waals surface area (Å²) in [6, 6.07) is 0. The Morgan fingerprint density at radius 1 is 1.58 bits per heavy atom. The van der Waals surface area contributed by atoms with E-state index in [2.05, 4.69) is 4.98 Å². The molecule has 1 heterocycles. The number of alkyl halides is 1. The standard InChI is InChI=1S/C7H9ClN2O2/c1-10-4-5(2-3-8)6(11)9-7(10)12/h4H,2-3H2,1H3,(H,9,11,12). The molecule has 1 N–H and O–H groups in total. The first-order chi connectivity index (χ1) is 5.65. The highest BCUT2D eigenvalue weighted by Crippen LogP contribution is 1.90. The van der Waals surface area contributed by atoms with Crippen molar-refractivity contribution in [3.05, 3.63) is 32.6 Å². The van der Waals surface area contributed by atoms with Crippen molar-refractivity contribution in [1.82, 2.24) is 9.55 Å². The van der Waals surface area contributed by atoms with Gasteiger partial charge in [0, 0.05) is 24.7 Å². The van der Waals surface area contributed by atoms with Crippen LogP contribution in [0.25, 0.3) is 0 Å². The monoisotopic (exact) mass is 188 g/mol. The van der Waals surface area contributed by atoms with Gasteiger partial charge < -0.3 is 4.57 Å². The lowest BCUT2D eigenvalue weighted by Crippen LogP contribution is -2.30. The molecule has 0 unspecified atom stereocenters. The molecule has 0 bridgehead atoms. The number of rotatable bonds is 2. The number of aromatic nitrogens is 2. The van der Waals surface area contributed by atoms with E-state index in [-0.39, 0.29) is 5.56 Å². The van der Waals surface area contributed by atoms with Gasteiger partial charge in [-0.15, -0.1) is 11.6 Å². The third-order valence-corrected chi connectivity index (χ3v) is 1.73. The summed E-state index contributed by atoms with van der Waals surface area (Å²) in [5, 5.41) is 0. The molecule has 0 aliphatic rings. The summed E-state index contributed by atoms with van der Waals surface area (Å²) in [4.78, 5) is 24.1. The van der Waals surface area contributed by atoms with Crippen molar-refractivity contribution >= 4 is 11.6 Å². The van der Waals surface area contributed by atoms with Crippen LogP contribution in [-0.4, -0.2) is 15.4 Å². The zero-order chi connectivity index (χ0) is 9.14. The highest BCUT2D eigenvalue weighted by atomic mass is 35.5. The number of nitrogens with zero attached hydrogens (tertiary/aromatic N) is 1. The Kier molecular flexibility index (Phi) is 2.70. The van der Waals surface area contributed by atoms with Crippen LogP contribution < -0.4 is 11.2 Å². The normalized spacial score (nSPS) is 10.2. The Morgan fingerprint density at radius 2 is 2.25 bits per heavy atom. The third kappa shape index (κ3) is 1.76. The van der Waals surface area contributed by atoms with Gasteiger partial charge in [0.15, 0.2) is 0 Å². The molecule has 0 saturated heterocycles. The molecule has 1 rings (SSSR count). The summed E-state index contributed by atoms with van der Waals surface area (Å²) in [5.41, 5.74) is -0.218. The molecule has 0 amide bonds. The van der Waals surface area contributed by atoms with Gasteiger partial charge in [-0.1, -0.05) is 0 Å². The summed E-state index contributed by atoms with van der Waals surface area (Å²) >= 11 is 5.46. The molecule has 0 spiro atoms. The summed E-state index contributed by atoms with van der Waals surface area (Å²) in [6.07, 6.45) is 1.98. The van der Waals surface area contributed by atoms with Crippen molar-refractivity contribution in [2.75, 3.05) is 5.88 Å². The second-order valence-electron chi connectivity index (χ2n) is 2.46. The minimum absolute atomic E-state index is 0.348. The van der Waals surface area contributed by atoms with Gasteiger partial charge in [0.25, 0.3) is 5.56 Å². The van der Waals surface area contributed by atoms with Gasteiger partial charge in [-0.05, 0) is 6.42 Å². The lowest BCUT2D eigenvalue weighted by Gasteiger charge is -1.98. The van der Waals surface area contributed by atoms with E-state index in [0.29, 0.717) is 17.9 Å². The van der Waals surface area contributed by atoms with Crippen molar-refractivity contribution in [3.63, 3.8) is 0 Å². The minimum Gasteiger partial charge on any atom is -0.303 e. The number of nitrogens with one attached hydrogen (secondary N) is 1. The average Bonchev–Trinajstić information content (AvgIpc) is 2.01. The van der Waals surface area contributed by atoms with Crippen LogP contribution in [0.1, 0.15) is 5.56 Å². The maximum absolute atomic E-state index is 11.1. The first-order valence-electron chi connectivity index (χ1n) is 3.50. The fourth-order valence-corrected chi connectivity index (χ4v) is 1.10. The maximum atomic E-state index is 11.1. The van der Waals surface area contributed by atoms with Crippen LogP contribution in [0.2, 0.25) is 0 Å². The number of halogens is 1. The first kappa shape index (κ1) is 9.06. The predicted molar refractivity (Wildman–Crippen MR) is 46.7 cm³/mol. The molecule has 0 fully saturated rings. The molecule has 0 saturated carbocycles. The van der Waals surface area contributed by atoms with Crippen LogP contribution in [0, 0.1) is 0 Å². The summed E-state index contributed by atoms with van der Waals surface area (Å²) in [5.74, 6) is 0.376. The summed E-state index contributed by atoms with van der Waals surface area (Å²) < 4.78 is 1.32. The van der Waals surface area contributed by atoms with E-state index in [9.17, 15) is 9.59 Å². The Morgan fingerprint density at radius 3 is 2.83 bits per heavy atom. The quantitative estimate of drug-likeness (QED) is 0.657. The molecule has 5 heteroatoms. The zero-order valence-corrected chi connectivity index (χ0v) is 7.39. The lowest BCUT2D eigenvalue weighted by molar-refractivity contribution is 0.778. The number of H-pyrrole nitrogens is 1. The SMILES string of the molecule is Cn1cc(CCCl)c(=O)[nH]c1=O. The largest absolute Gasteiger partial charge is 0.328 e. The van der Waals surface area contributed by atoms with E-state index in [1.54, 1.807) is 7.05 Å². The smallest absolute Gasteiger partial charge is 0.303 e. The predicted octanol–water partition coefficient (Wildman–Crippen LogP) is -0.145. The van der Waals surface area contributed by atoms with Crippen LogP contribution in [0.3, 0.4) is 0 Å². The average molecular weight is 189 g/mol. The van der Waals surface area contributed by atoms with Gasteiger partial charge in [0.1, 0.15) is 0 Å². The Balaban J connectivity index is 3.24.